The average molecular weight is 235 g/mol. The Hall–Kier alpha value is -1.13. The lowest BCUT2D eigenvalue weighted by molar-refractivity contribution is 0.589. The van der Waals surface area contributed by atoms with Crippen LogP contribution in [0.4, 0.5) is 0 Å². The van der Waals surface area contributed by atoms with E-state index >= 15 is 0 Å². The summed E-state index contributed by atoms with van der Waals surface area (Å²) in [4.78, 5) is 4.43. The number of rotatable bonds is 5. The molecular weight excluding hydrogens is 218 g/mol. The molecule has 0 amide bonds. The maximum absolute atomic E-state index is 4.43. The molecule has 1 unspecified atom stereocenters. The van der Waals surface area contributed by atoms with Crippen molar-refractivity contribution < 1.29 is 0 Å². The molecule has 4 heteroatoms. The zero-order valence-corrected chi connectivity index (χ0v) is 10.5. The first-order valence-corrected chi connectivity index (χ1v) is 6.49. The fourth-order valence-corrected chi connectivity index (χ4v) is 2.39. The van der Waals surface area contributed by atoms with Crippen LogP contribution in [0, 0.1) is 0 Å². The molecule has 0 saturated heterocycles. The minimum atomic E-state index is 0.229. The van der Waals surface area contributed by atoms with Crippen LogP contribution in [-0.2, 0) is 7.05 Å². The van der Waals surface area contributed by atoms with Crippen molar-refractivity contribution in [2.24, 2.45) is 7.05 Å². The summed E-state index contributed by atoms with van der Waals surface area (Å²) in [6.07, 6.45) is 5.06. The van der Waals surface area contributed by atoms with E-state index in [0.29, 0.717) is 0 Å². The summed E-state index contributed by atoms with van der Waals surface area (Å²) < 4.78 is 1.99. The Bertz CT molecular complexity index is 419. The molecular formula is C12H17N3S. The number of thiophene rings is 1. The third-order valence-corrected chi connectivity index (χ3v) is 3.20. The van der Waals surface area contributed by atoms with Crippen molar-refractivity contribution in [3.05, 3.63) is 40.6 Å². The van der Waals surface area contributed by atoms with Crippen LogP contribution in [0.25, 0.3) is 0 Å². The van der Waals surface area contributed by atoms with Crippen molar-refractivity contribution in [2.75, 3.05) is 6.54 Å². The Balaban J connectivity index is 2.21. The molecule has 2 rings (SSSR count). The minimum absolute atomic E-state index is 0.229. The van der Waals surface area contributed by atoms with Gasteiger partial charge in [-0.2, -0.15) is 11.3 Å². The van der Waals surface area contributed by atoms with Crippen molar-refractivity contribution in [2.45, 2.75) is 19.4 Å². The van der Waals surface area contributed by atoms with E-state index in [1.807, 2.05) is 17.9 Å². The normalized spacial score (nSPS) is 12.9. The summed E-state index contributed by atoms with van der Waals surface area (Å²) in [5, 5.41) is 7.82. The highest BCUT2D eigenvalue weighted by atomic mass is 32.1. The monoisotopic (exact) mass is 235 g/mol. The van der Waals surface area contributed by atoms with Crippen LogP contribution in [0.3, 0.4) is 0 Å². The number of aromatic nitrogens is 2. The van der Waals surface area contributed by atoms with Crippen molar-refractivity contribution in [3.8, 4) is 0 Å². The van der Waals surface area contributed by atoms with Gasteiger partial charge in [-0.3, -0.25) is 0 Å². The summed E-state index contributed by atoms with van der Waals surface area (Å²) in [7, 11) is 2.00. The van der Waals surface area contributed by atoms with Gasteiger partial charge < -0.3 is 9.88 Å². The number of nitrogens with one attached hydrogen (secondary N) is 1. The van der Waals surface area contributed by atoms with Gasteiger partial charge in [-0.05, 0) is 35.4 Å². The summed E-state index contributed by atoms with van der Waals surface area (Å²) in [5.74, 6) is 0. The second kappa shape index (κ2) is 5.27. The van der Waals surface area contributed by atoms with Crippen LogP contribution in [0.5, 0.6) is 0 Å². The van der Waals surface area contributed by atoms with E-state index in [1.54, 1.807) is 11.3 Å². The maximum atomic E-state index is 4.43. The summed E-state index contributed by atoms with van der Waals surface area (Å²) in [6.45, 7) is 3.19. The lowest BCUT2D eigenvalue weighted by Crippen LogP contribution is -2.23. The van der Waals surface area contributed by atoms with Gasteiger partial charge >= 0.3 is 0 Å². The van der Waals surface area contributed by atoms with Crippen molar-refractivity contribution in [3.63, 3.8) is 0 Å². The van der Waals surface area contributed by atoms with Crippen LogP contribution in [0.1, 0.15) is 30.6 Å². The van der Waals surface area contributed by atoms with E-state index in [-0.39, 0.29) is 6.04 Å². The van der Waals surface area contributed by atoms with Gasteiger partial charge in [0.25, 0.3) is 0 Å². The molecule has 0 aliphatic carbocycles. The molecule has 2 aromatic heterocycles. The van der Waals surface area contributed by atoms with Gasteiger partial charge in [-0.1, -0.05) is 6.92 Å². The third-order valence-electron chi connectivity index (χ3n) is 2.50. The molecule has 16 heavy (non-hydrogen) atoms. The zero-order valence-electron chi connectivity index (χ0n) is 9.68. The second-order valence-electron chi connectivity index (χ2n) is 3.91. The number of hydrogen-bond acceptors (Lipinski definition) is 3. The predicted octanol–water partition coefficient (Wildman–Crippen LogP) is 2.57. The van der Waals surface area contributed by atoms with Crippen molar-refractivity contribution in [1.82, 2.24) is 14.9 Å². The molecule has 1 atom stereocenters. The predicted molar refractivity (Wildman–Crippen MR) is 67.7 cm³/mol. The standard InChI is InChI=1S/C12H17N3S/c1-3-5-13-12(10-4-6-16-8-10)11-7-15(2)9-14-11/h4,6-9,12-13H,3,5H2,1-2H3. The molecule has 0 bridgehead atoms. The minimum Gasteiger partial charge on any atom is -0.340 e. The van der Waals surface area contributed by atoms with E-state index in [0.717, 1.165) is 18.7 Å². The molecule has 3 nitrogen and oxygen atoms in total. The van der Waals surface area contributed by atoms with E-state index in [4.69, 9.17) is 0 Å². The molecule has 2 heterocycles. The van der Waals surface area contributed by atoms with Crippen LogP contribution in [0.15, 0.2) is 29.4 Å². The average Bonchev–Trinajstić information content (AvgIpc) is 2.91. The summed E-state index contributed by atoms with van der Waals surface area (Å²) in [6, 6.07) is 2.39. The van der Waals surface area contributed by atoms with Crippen LogP contribution in [0.2, 0.25) is 0 Å². The van der Waals surface area contributed by atoms with Gasteiger partial charge in [0.2, 0.25) is 0 Å². The molecule has 0 fully saturated rings. The van der Waals surface area contributed by atoms with Gasteiger partial charge in [0, 0.05) is 13.2 Å². The van der Waals surface area contributed by atoms with Crippen molar-refractivity contribution in [1.29, 1.82) is 0 Å². The smallest absolute Gasteiger partial charge is 0.0947 e. The van der Waals surface area contributed by atoms with E-state index in [9.17, 15) is 0 Å². The van der Waals surface area contributed by atoms with Gasteiger partial charge in [-0.25, -0.2) is 4.98 Å². The lowest BCUT2D eigenvalue weighted by Gasteiger charge is -2.15. The maximum Gasteiger partial charge on any atom is 0.0947 e. The molecule has 0 radical (unpaired) electrons. The Morgan fingerprint density at radius 2 is 2.44 bits per heavy atom. The van der Waals surface area contributed by atoms with Gasteiger partial charge in [0.15, 0.2) is 0 Å². The van der Waals surface area contributed by atoms with Gasteiger partial charge in [0.1, 0.15) is 0 Å². The molecule has 2 aromatic rings. The quantitative estimate of drug-likeness (QED) is 0.863. The number of hydrogen-bond donors (Lipinski definition) is 1. The van der Waals surface area contributed by atoms with Gasteiger partial charge in [0.05, 0.1) is 18.1 Å². The first kappa shape index (κ1) is 11.4. The first-order valence-electron chi connectivity index (χ1n) is 5.54. The SMILES string of the molecule is CCCNC(c1ccsc1)c1cn(C)cn1. The zero-order chi connectivity index (χ0) is 11.4. The summed E-state index contributed by atoms with van der Waals surface area (Å²) in [5.41, 5.74) is 2.39. The highest BCUT2D eigenvalue weighted by molar-refractivity contribution is 7.08. The lowest BCUT2D eigenvalue weighted by atomic mass is 10.1. The Labute approximate surface area is 100 Å². The largest absolute Gasteiger partial charge is 0.340 e. The Morgan fingerprint density at radius 3 is 3.00 bits per heavy atom. The fraction of sp³-hybridized carbons (Fsp3) is 0.417. The number of aryl methyl sites for hydroxylation is 1. The highest BCUT2D eigenvalue weighted by Gasteiger charge is 2.15. The third kappa shape index (κ3) is 2.51. The van der Waals surface area contributed by atoms with E-state index in [2.05, 4.69) is 40.2 Å². The first-order chi connectivity index (χ1) is 7.81. The molecule has 0 spiro atoms. The van der Waals surface area contributed by atoms with Crippen LogP contribution >= 0.6 is 11.3 Å². The molecule has 0 aliphatic rings. The van der Waals surface area contributed by atoms with Crippen LogP contribution in [-0.4, -0.2) is 16.1 Å². The number of imidazole rings is 1. The summed E-state index contributed by atoms with van der Waals surface area (Å²) >= 11 is 1.73. The topological polar surface area (TPSA) is 29.9 Å². The molecule has 0 aromatic carbocycles. The molecule has 86 valence electrons. The fourth-order valence-electron chi connectivity index (χ4n) is 1.70. The van der Waals surface area contributed by atoms with E-state index < -0.39 is 0 Å². The van der Waals surface area contributed by atoms with Crippen LogP contribution < -0.4 is 5.32 Å². The van der Waals surface area contributed by atoms with E-state index in [1.165, 1.54) is 5.56 Å². The Kier molecular flexibility index (Phi) is 3.74. The highest BCUT2D eigenvalue weighted by Crippen LogP contribution is 2.22. The molecule has 0 saturated carbocycles. The number of nitrogens with zero attached hydrogens (tertiary/aromatic N) is 2. The molecule has 0 aliphatic heterocycles. The Morgan fingerprint density at radius 1 is 1.56 bits per heavy atom. The van der Waals surface area contributed by atoms with Gasteiger partial charge in [-0.15, -0.1) is 0 Å². The molecule has 1 N–H and O–H groups in total. The second-order valence-corrected chi connectivity index (χ2v) is 4.69. The van der Waals surface area contributed by atoms with Crippen molar-refractivity contribution >= 4 is 11.3 Å².